The number of pyridine rings is 1. The lowest BCUT2D eigenvalue weighted by Crippen LogP contribution is -2.13. The Morgan fingerprint density at radius 2 is 1.52 bits per heavy atom. The van der Waals surface area contributed by atoms with Crippen LogP contribution in [0.15, 0.2) is 58.3 Å². The molecular formula is C18H11F6NOS. The van der Waals surface area contributed by atoms with Crippen LogP contribution in [-0.2, 0) is 23.2 Å². The average molecular weight is 403 g/mol. The fraction of sp³-hybridized carbons (Fsp3) is 0.167. The van der Waals surface area contributed by atoms with E-state index in [0.717, 1.165) is 11.6 Å². The van der Waals surface area contributed by atoms with Gasteiger partial charge in [-0.15, -0.1) is 0 Å². The van der Waals surface area contributed by atoms with Crippen molar-refractivity contribution in [3.63, 3.8) is 0 Å². The van der Waals surface area contributed by atoms with Crippen LogP contribution in [-0.4, -0.2) is 9.19 Å². The summed E-state index contributed by atoms with van der Waals surface area (Å²) in [6.45, 7) is 1.77. The summed E-state index contributed by atoms with van der Waals surface area (Å²) in [5, 5.41) is -0.239. The van der Waals surface area contributed by atoms with Gasteiger partial charge in [-0.3, -0.25) is 0 Å². The van der Waals surface area contributed by atoms with E-state index in [9.17, 15) is 30.6 Å². The Hall–Kier alpha value is -2.42. The maximum atomic E-state index is 13.2. The van der Waals surface area contributed by atoms with Crippen LogP contribution >= 0.6 is 0 Å². The van der Waals surface area contributed by atoms with E-state index in [4.69, 9.17) is 0 Å². The van der Waals surface area contributed by atoms with Crippen LogP contribution in [0.2, 0.25) is 0 Å². The number of para-hydroxylation sites is 1. The van der Waals surface area contributed by atoms with Gasteiger partial charge in [-0.05, 0) is 31.2 Å². The third-order valence-electron chi connectivity index (χ3n) is 3.83. The summed E-state index contributed by atoms with van der Waals surface area (Å²) in [6.07, 6.45) is -9.89. The molecule has 1 atom stereocenters. The van der Waals surface area contributed by atoms with E-state index in [0.29, 0.717) is 12.1 Å². The van der Waals surface area contributed by atoms with Crippen molar-refractivity contribution in [3.8, 4) is 0 Å². The fourth-order valence-corrected chi connectivity index (χ4v) is 3.75. The highest BCUT2D eigenvalue weighted by Crippen LogP contribution is 2.39. The molecule has 3 rings (SSSR count). The van der Waals surface area contributed by atoms with Crippen molar-refractivity contribution in [1.82, 2.24) is 4.98 Å². The van der Waals surface area contributed by atoms with Crippen LogP contribution in [0.3, 0.4) is 0 Å². The molecule has 2 nitrogen and oxygen atoms in total. The van der Waals surface area contributed by atoms with Gasteiger partial charge in [0.25, 0.3) is 0 Å². The summed E-state index contributed by atoms with van der Waals surface area (Å²) < 4.78 is 92.2. The molecule has 0 bridgehead atoms. The van der Waals surface area contributed by atoms with Crippen LogP contribution in [0.4, 0.5) is 26.3 Å². The summed E-state index contributed by atoms with van der Waals surface area (Å²) in [5.41, 5.74) is -2.88. The van der Waals surface area contributed by atoms with Crippen molar-refractivity contribution in [2.45, 2.75) is 29.1 Å². The Balaban J connectivity index is 2.34. The van der Waals surface area contributed by atoms with E-state index in [1.54, 1.807) is 19.1 Å². The molecule has 3 aromatic rings. The highest BCUT2D eigenvalue weighted by atomic mass is 32.2. The minimum absolute atomic E-state index is 0.179. The molecule has 27 heavy (non-hydrogen) atoms. The highest BCUT2D eigenvalue weighted by molar-refractivity contribution is 7.85. The van der Waals surface area contributed by atoms with E-state index in [2.05, 4.69) is 4.98 Å². The third-order valence-corrected chi connectivity index (χ3v) is 5.27. The Bertz CT molecular complexity index is 1020. The maximum Gasteiger partial charge on any atom is 0.433 e. The standard InChI is InChI=1S/C18H11F6NOS/c1-10-5-7-11(8-6-10)27(26)14-9-15(18(22,23)24)25-16-12(14)3-2-4-13(16)17(19,20)21/h2-9H,1H3. The Morgan fingerprint density at radius 3 is 2.07 bits per heavy atom. The first-order chi connectivity index (χ1) is 12.5. The molecule has 142 valence electrons. The first-order valence-electron chi connectivity index (χ1n) is 7.55. The van der Waals surface area contributed by atoms with Gasteiger partial charge >= 0.3 is 12.4 Å². The molecule has 1 unspecified atom stereocenters. The van der Waals surface area contributed by atoms with Crippen molar-refractivity contribution in [2.24, 2.45) is 0 Å². The molecule has 0 aliphatic rings. The SMILES string of the molecule is Cc1ccc(S(=O)c2cc(C(F)(F)F)nc3c(C(F)(F)F)cccc23)cc1. The molecule has 0 amide bonds. The van der Waals surface area contributed by atoms with E-state index in [1.807, 2.05) is 0 Å². The van der Waals surface area contributed by atoms with Gasteiger partial charge in [0.2, 0.25) is 0 Å². The fourth-order valence-electron chi connectivity index (χ4n) is 2.53. The normalized spacial score (nSPS) is 13.7. The number of halogens is 6. The number of hydrogen-bond acceptors (Lipinski definition) is 2. The van der Waals surface area contributed by atoms with Crippen LogP contribution < -0.4 is 0 Å². The molecule has 9 heteroatoms. The number of fused-ring (bicyclic) bond motifs is 1. The highest BCUT2D eigenvalue weighted by Gasteiger charge is 2.38. The lowest BCUT2D eigenvalue weighted by Gasteiger charge is -2.15. The van der Waals surface area contributed by atoms with E-state index in [-0.39, 0.29) is 15.2 Å². The Kier molecular flexibility index (Phi) is 4.75. The van der Waals surface area contributed by atoms with Crippen LogP contribution in [0.25, 0.3) is 10.9 Å². The van der Waals surface area contributed by atoms with Gasteiger partial charge in [0, 0.05) is 10.3 Å². The van der Waals surface area contributed by atoms with E-state index >= 15 is 0 Å². The van der Waals surface area contributed by atoms with Gasteiger partial charge in [0.15, 0.2) is 0 Å². The summed E-state index contributed by atoms with van der Waals surface area (Å²) >= 11 is 0. The zero-order valence-corrected chi connectivity index (χ0v) is 14.5. The molecule has 0 spiro atoms. The van der Waals surface area contributed by atoms with Crippen LogP contribution in [0.1, 0.15) is 16.8 Å². The van der Waals surface area contributed by atoms with Gasteiger partial charge in [-0.2, -0.15) is 26.3 Å². The molecule has 2 aromatic carbocycles. The number of nitrogens with zero attached hydrogens (tertiary/aromatic N) is 1. The summed E-state index contributed by atoms with van der Waals surface area (Å²) in [7, 11) is -2.12. The minimum atomic E-state index is -4.99. The predicted molar refractivity (Wildman–Crippen MR) is 87.6 cm³/mol. The van der Waals surface area contributed by atoms with Crippen molar-refractivity contribution < 1.29 is 30.6 Å². The second kappa shape index (κ2) is 6.63. The van der Waals surface area contributed by atoms with E-state index in [1.165, 1.54) is 18.2 Å². The second-order valence-electron chi connectivity index (χ2n) is 5.78. The number of rotatable bonds is 2. The lowest BCUT2D eigenvalue weighted by atomic mass is 10.1. The Morgan fingerprint density at radius 1 is 0.889 bits per heavy atom. The Labute approximate surface area is 152 Å². The van der Waals surface area contributed by atoms with Crippen molar-refractivity contribution in [2.75, 3.05) is 0 Å². The number of aryl methyl sites for hydroxylation is 1. The van der Waals surface area contributed by atoms with Crippen molar-refractivity contribution >= 4 is 21.7 Å². The largest absolute Gasteiger partial charge is 0.433 e. The first-order valence-corrected chi connectivity index (χ1v) is 8.70. The van der Waals surface area contributed by atoms with Crippen molar-refractivity contribution in [1.29, 1.82) is 0 Å². The summed E-state index contributed by atoms with van der Waals surface area (Å²) in [5.74, 6) is 0. The summed E-state index contributed by atoms with van der Waals surface area (Å²) in [4.78, 5) is 2.99. The predicted octanol–water partition coefficient (Wildman–Crippen LogP) is 5.75. The first kappa shape index (κ1) is 19.3. The number of alkyl halides is 6. The van der Waals surface area contributed by atoms with Crippen LogP contribution in [0.5, 0.6) is 0 Å². The molecule has 0 saturated heterocycles. The lowest BCUT2D eigenvalue weighted by molar-refractivity contribution is -0.142. The molecule has 1 heterocycles. The quantitative estimate of drug-likeness (QED) is 0.510. The van der Waals surface area contributed by atoms with Gasteiger partial charge in [-0.25, -0.2) is 9.19 Å². The third kappa shape index (κ3) is 3.83. The molecule has 0 saturated carbocycles. The van der Waals surface area contributed by atoms with Gasteiger partial charge < -0.3 is 0 Å². The molecule has 1 aromatic heterocycles. The topological polar surface area (TPSA) is 30.0 Å². The monoisotopic (exact) mass is 403 g/mol. The average Bonchev–Trinajstić information content (AvgIpc) is 2.58. The molecule has 0 radical (unpaired) electrons. The van der Waals surface area contributed by atoms with E-state index < -0.39 is 39.9 Å². The number of aromatic nitrogens is 1. The van der Waals surface area contributed by atoms with Gasteiger partial charge in [0.05, 0.1) is 26.8 Å². The zero-order chi connectivity index (χ0) is 20.0. The minimum Gasteiger partial charge on any atom is -0.249 e. The van der Waals surface area contributed by atoms with Crippen molar-refractivity contribution in [3.05, 3.63) is 65.4 Å². The molecule has 0 N–H and O–H groups in total. The number of hydrogen-bond donors (Lipinski definition) is 0. The smallest absolute Gasteiger partial charge is 0.249 e. The molecular weight excluding hydrogens is 392 g/mol. The molecule has 0 aliphatic heterocycles. The second-order valence-corrected chi connectivity index (χ2v) is 7.23. The number of benzene rings is 2. The summed E-state index contributed by atoms with van der Waals surface area (Å²) in [6, 6.07) is 9.56. The molecule has 0 aliphatic carbocycles. The van der Waals surface area contributed by atoms with Gasteiger partial charge in [-0.1, -0.05) is 29.8 Å². The maximum absolute atomic E-state index is 13.2. The molecule has 0 fully saturated rings. The van der Waals surface area contributed by atoms with Crippen LogP contribution in [0, 0.1) is 6.92 Å². The van der Waals surface area contributed by atoms with Gasteiger partial charge in [0.1, 0.15) is 5.69 Å². The zero-order valence-electron chi connectivity index (χ0n) is 13.7.